The Morgan fingerprint density at radius 1 is 1.11 bits per heavy atom. The number of aryl methyl sites for hydroxylation is 1. The van der Waals surface area contributed by atoms with Crippen molar-refractivity contribution in [2.45, 2.75) is 32.7 Å². The molecule has 1 fully saturated rings. The first-order valence-electron chi connectivity index (χ1n) is 9.20. The molecule has 1 saturated heterocycles. The van der Waals surface area contributed by atoms with E-state index in [0.717, 1.165) is 41.2 Å². The van der Waals surface area contributed by atoms with Gasteiger partial charge in [-0.25, -0.2) is 9.07 Å². The number of benzene rings is 2. The number of likely N-dealkylation sites (tertiary alicyclic amines) is 1. The smallest absolute Gasteiger partial charge is 0.227 e. The lowest BCUT2D eigenvalue weighted by atomic mass is 9.93. The zero-order valence-corrected chi connectivity index (χ0v) is 15.5. The standard InChI is InChI=1S/C22H22FN3O/c1-15-20(16(2)26(24-15)19-6-4-3-5-7-19)14-22(27)25-13-12-21(25)17-8-10-18(23)11-9-17/h3-11,21H,12-14H2,1-2H3/t21-/m0/s1. The highest BCUT2D eigenvalue weighted by Gasteiger charge is 2.33. The molecule has 1 atom stereocenters. The number of hydrogen-bond donors (Lipinski definition) is 0. The molecule has 138 valence electrons. The number of hydrogen-bond acceptors (Lipinski definition) is 2. The Morgan fingerprint density at radius 2 is 1.81 bits per heavy atom. The average Bonchev–Trinajstić information content (AvgIpc) is 2.91. The van der Waals surface area contributed by atoms with E-state index in [4.69, 9.17) is 0 Å². The van der Waals surface area contributed by atoms with Crippen LogP contribution in [0.5, 0.6) is 0 Å². The van der Waals surface area contributed by atoms with Gasteiger partial charge < -0.3 is 4.90 Å². The van der Waals surface area contributed by atoms with E-state index in [0.29, 0.717) is 6.42 Å². The molecule has 1 aromatic heterocycles. The van der Waals surface area contributed by atoms with Crippen LogP contribution in [-0.4, -0.2) is 27.1 Å². The summed E-state index contributed by atoms with van der Waals surface area (Å²) in [6.07, 6.45) is 1.25. The van der Waals surface area contributed by atoms with Crippen LogP contribution in [0.3, 0.4) is 0 Å². The third-order valence-electron chi connectivity index (χ3n) is 5.36. The van der Waals surface area contributed by atoms with Crippen LogP contribution in [0.1, 0.15) is 35.0 Å². The zero-order chi connectivity index (χ0) is 19.0. The van der Waals surface area contributed by atoms with Crippen molar-refractivity contribution < 1.29 is 9.18 Å². The summed E-state index contributed by atoms with van der Waals surface area (Å²) in [5.41, 5.74) is 4.83. The molecule has 3 aromatic rings. The van der Waals surface area contributed by atoms with Gasteiger partial charge >= 0.3 is 0 Å². The Bertz CT molecular complexity index is 963. The molecular formula is C22H22FN3O. The van der Waals surface area contributed by atoms with Gasteiger partial charge in [-0.3, -0.25) is 4.79 Å². The van der Waals surface area contributed by atoms with E-state index in [1.165, 1.54) is 12.1 Å². The highest BCUT2D eigenvalue weighted by atomic mass is 19.1. The summed E-state index contributed by atoms with van der Waals surface area (Å²) in [6.45, 7) is 4.69. The second-order valence-corrected chi connectivity index (χ2v) is 7.02. The SMILES string of the molecule is Cc1nn(-c2ccccc2)c(C)c1CC(=O)N1CC[C@H]1c1ccc(F)cc1. The van der Waals surface area contributed by atoms with Gasteiger partial charge in [-0.05, 0) is 50.1 Å². The number of aromatic nitrogens is 2. The molecule has 0 unspecified atom stereocenters. The van der Waals surface area contributed by atoms with E-state index in [9.17, 15) is 9.18 Å². The second-order valence-electron chi connectivity index (χ2n) is 7.02. The van der Waals surface area contributed by atoms with Gasteiger partial charge in [0.25, 0.3) is 0 Å². The van der Waals surface area contributed by atoms with Crippen LogP contribution >= 0.6 is 0 Å². The Labute approximate surface area is 158 Å². The molecule has 1 aliphatic rings. The molecule has 0 saturated carbocycles. The number of nitrogens with zero attached hydrogens (tertiary/aromatic N) is 3. The Morgan fingerprint density at radius 3 is 2.44 bits per heavy atom. The van der Waals surface area contributed by atoms with E-state index < -0.39 is 0 Å². The number of carbonyl (C=O) groups excluding carboxylic acids is 1. The van der Waals surface area contributed by atoms with Crippen LogP contribution < -0.4 is 0 Å². The number of rotatable bonds is 4. The third-order valence-corrected chi connectivity index (χ3v) is 5.36. The van der Waals surface area contributed by atoms with E-state index in [-0.39, 0.29) is 17.8 Å². The lowest BCUT2D eigenvalue weighted by Crippen LogP contribution is -2.45. The molecule has 0 spiro atoms. The van der Waals surface area contributed by atoms with Crippen molar-refractivity contribution in [1.82, 2.24) is 14.7 Å². The largest absolute Gasteiger partial charge is 0.335 e. The summed E-state index contributed by atoms with van der Waals surface area (Å²) in [7, 11) is 0. The molecule has 2 heterocycles. The number of amides is 1. The number of para-hydroxylation sites is 1. The van der Waals surface area contributed by atoms with Gasteiger partial charge in [-0.1, -0.05) is 30.3 Å². The van der Waals surface area contributed by atoms with Gasteiger partial charge in [0.2, 0.25) is 5.91 Å². The Hall–Kier alpha value is -2.95. The van der Waals surface area contributed by atoms with Gasteiger partial charge in [0.1, 0.15) is 5.82 Å². The first kappa shape index (κ1) is 17.5. The lowest BCUT2D eigenvalue weighted by Gasteiger charge is -2.41. The molecule has 1 aliphatic heterocycles. The molecule has 5 heteroatoms. The van der Waals surface area contributed by atoms with E-state index in [2.05, 4.69) is 5.10 Å². The fraction of sp³-hybridized carbons (Fsp3) is 0.273. The van der Waals surface area contributed by atoms with Gasteiger partial charge in [0.15, 0.2) is 0 Å². The van der Waals surface area contributed by atoms with Gasteiger partial charge in [0, 0.05) is 17.8 Å². The summed E-state index contributed by atoms with van der Waals surface area (Å²) >= 11 is 0. The van der Waals surface area contributed by atoms with Crippen LogP contribution in [-0.2, 0) is 11.2 Å². The maximum absolute atomic E-state index is 13.2. The quantitative estimate of drug-likeness (QED) is 0.699. The third kappa shape index (κ3) is 3.25. The predicted octanol–water partition coefficient (Wildman–Crippen LogP) is 4.14. The first-order chi connectivity index (χ1) is 13.0. The molecule has 4 rings (SSSR count). The fourth-order valence-electron chi connectivity index (χ4n) is 3.72. The van der Waals surface area contributed by atoms with Crippen LogP contribution in [0.4, 0.5) is 4.39 Å². The topological polar surface area (TPSA) is 38.1 Å². The Balaban J connectivity index is 1.53. The summed E-state index contributed by atoms with van der Waals surface area (Å²) < 4.78 is 15.1. The molecule has 4 nitrogen and oxygen atoms in total. The highest BCUT2D eigenvalue weighted by molar-refractivity contribution is 5.80. The summed E-state index contributed by atoms with van der Waals surface area (Å²) in [4.78, 5) is 14.8. The number of halogens is 1. The molecule has 1 amide bonds. The summed E-state index contributed by atoms with van der Waals surface area (Å²) in [5.74, 6) is -0.162. The van der Waals surface area contributed by atoms with Gasteiger partial charge in [-0.15, -0.1) is 0 Å². The Kier molecular flexibility index (Phi) is 4.52. The van der Waals surface area contributed by atoms with Crippen LogP contribution in [0.25, 0.3) is 5.69 Å². The van der Waals surface area contributed by atoms with Crippen molar-refractivity contribution >= 4 is 5.91 Å². The van der Waals surface area contributed by atoms with E-state index >= 15 is 0 Å². The van der Waals surface area contributed by atoms with Crippen LogP contribution in [0.15, 0.2) is 54.6 Å². The van der Waals surface area contributed by atoms with Crippen molar-refractivity contribution in [2.24, 2.45) is 0 Å². The lowest BCUT2D eigenvalue weighted by molar-refractivity contribution is -0.138. The second kappa shape index (κ2) is 6.99. The highest BCUT2D eigenvalue weighted by Crippen LogP contribution is 2.34. The minimum absolute atomic E-state index is 0.0443. The normalized spacial score (nSPS) is 16.3. The first-order valence-corrected chi connectivity index (χ1v) is 9.20. The van der Waals surface area contributed by atoms with Gasteiger partial charge in [0.05, 0.1) is 23.8 Å². The molecular weight excluding hydrogens is 341 g/mol. The summed E-state index contributed by atoms with van der Waals surface area (Å²) in [5, 5.41) is 4.63. The maximum Gasteiger partial charge on any atom is 0.227 e. The van der Waals surface area contributed by atoms with Crippen LogP contribution in [0, 0.1) is 19.7 Å². The molecule has 0 radical (unpaired) electrons. The molecule has 0 bridgehead atoms. The van der Waals surface area contributed by atoms with Crippen molar-refractivity contribution in [3.63, 3.8) is 0 Å². The van der Waals surface area contributed by atoms with Crippen LogP contribution in [0.2, 0.25) is 0 Å². The summed E-state index contributed by atoms with van der Waals surface area (Å²) in [6, 6.07) is 16.4. The molecule has 27 heavy (non-hydrogen) atoms. The average molecular weight is 363 g/mol. The molecule has 0 N–H and O–H groups in total. The fourth-order valence-corrected chi connectivity index (χ4v) is 3.72. The molecule has 0 aliphatic carbocycles. The minimum Gasteiger partial charge on any atom is -0.335 e. The monoisotopic (exact) mass is 363 g/mol. The van der Waals surface area contributed by atoms with Crippen molar-refractivity contribution in [2.75, 3.05) is 6.54 Å². The maximum atomic E-state index is 13.2. The van der Waals surface area contributed by atoms with Crippen molar-refractivity contribution in [3.05, 3.63) is 82.9 Å². The predicted molar refractivity (Wildman–Crippen MR) is 102 cm³/mol. The van der Waals surface area contributed by atoms with Crippen molar-refractivity contribution in [3.8, 4) is 5.69 Å². The zero-order valence-electron chi connectivity index (χ0n) is 15.5. The van der Waals surface area contributed by atoms with E-state index in [1.807, 2.05) is 53.8 Å². The minimum atomic E-state index is -0.254. The van der Waals surface area contributed by atoms with Gasteiger partial charge in [-0.2, -0.15) is 5.10 Å². The van der Waals surface area contributed by atoms with Crippen molar-refractivity contribution in [1.29, 1.82) is 0 Å². The van der Waals surface area contributed by atoms with E-state index in [1.54, 1.807) is 12.1 Å². The number of carbonyl (C=O) groups is 1. The molecule has 2 aromatic carbocycles.